The van der Waals surface area contributed by atoms with Crippen molar-refractivity contribution in [3.05, 3.63) is 53.5 Å². The Morgan fingerprint density at radius 3 is 2.33 bits per heavy atom. The highest BCUT2D eigenvalue weighted by molar-refractivity contribution is 6.77. The molecular formula is C31H46O7Si. The first kappa shape index (κ1) is 31.1. The van der Waals surface area contributed by atoms with Gasteiger partial charge in [-0.15, -0.1) is 0 Å². The molecule has 216 valence electrons. The summed E-state index contributed by atoms with van der Waals surface area (Å²) in [5, 5.41) is 11.3. The highest BCUT2D eigenvalue weighted by Crippen LogP contribution is 2.53. The van der Waals surface area contributed by atoms with Gasteiger partial charge >= 0.3 is 11.9 Å². The van der Waals surface area contributed by atoms with Crippen LogP contribution in [0, 0.1) is 5.92 Å². The van der Waals surface area contributed by atoms with Crippen LogP contribution in [0.15, 0.2) is 40.9 Å². The molecule has 0 aromatic carbocycles. The third-order valence-electron chi connectivity index (χ3n) is 8.53. The van der Waals surface area contributed by atoms with Crippen molar-refractivity contribution < 1.29 is 33.0 Å². The third-order valence-corrected chi connectivity index (χ3v) is 14.7. The van der Waals surface area contributed by atoms with Gasteiger partial charge in [-0.25, -0.2) is 9.59 Å². The fourth-order valence-corrected chi connectivity index (χ4v) is 12.4. The van der Waals surface area contributed by atoms with Gasteiger partial charge in [0, 0.05) is 18.4 Å². The van der Waals surface area contributed by atoms with E-state index in [0.717, 1.165) is 5.57 Å². The molecule has 1 aromatic heterocycles. The van der Waals surface area contributed by atoms with E-state index < -0.39 is 32.5 Å². The number of ether oxygens (including phenoxy) is 2. The number of aliphatic hydroxyl groups excluding tert-OH is 1. The molecule has 2 heterocycles. The molecule has 0 radical (unpaired) electrons. The van der Waals surface area contributed by atoms with E-state index in [9.17, 15) is 14.7 Å². The second-order valence-electron chi connectivity index (χ2n) is 12.1. The van der Waals surface area contributed by atoms with E-state index in [-0.39, 0.29) is 29.9 Å². The summed E-state index contributed by atoms with van der Waals surface area (Å²) in [7, 11) is -0.897. The van der Waals surface area contributed by atoms with E-state index >= 15 is 0 Å². The van der Waals surface area contributed by atoms with Crippen molar-refractivity contribution in [2.45, 2.75) is 109 Å². The maximum atomic E-state index is 12.7. The summed E-state index contributed by atoms with van der Waals surface area (Å²) in [4.78, 5) is 25.3. The normalized spacial score (nSPS) is 24.0. The Bertz CT molecular complexity index is 1090. The highest BCUT2D eigenvalue weighted by atomic mass is 28.4. The maximum Gasteiger partial charge on any atom is 0.341 e. The van der Waals surface area contributed by atoms with Crippen molar-refractivity contribution >= 4 is 26.3 Å². The topological polar surface area (TPSA) is 95.2 Å². The molecule has 0 bridgehead atoms. The van der Waals surface area contributed by atoms with Crippen LogP contribution < -0.4 is 0 Å². The molecule has 0 spiro atoms. The van der Waals surface area contributed by atoms with Gasteiger partial charge in [0.1, 0.15) is 23.2 Å². The van der Waals surface area contributed by atoms with Crippen LogP contribution >= 0.6 is 0 Å². The number of aliphatic hydroxyl groups is 1. The molecule has 1 aliphatic carbocycles. The number of carbonyl (C=O) groups is 2. The SMILES string of the molecule is C=Cc1cc(C(=O)OC)c([C@H]2C[C@H](O[Si](C(C)C)(C(C)C)C(C)C)[C@@H]2C[C@@H](O)C2=C[C@H](CC(=C)C)OC2=O)o1. The highest BCUT2D eigenvalue weighted by Gasteiger charge is 2.54. The minimum absolute atomic E-state index is 0.143. The van der Waals surface area contributed by atoms with E-state index in [0.29, 0.717) is 46.5 Å². The monoisotopic (exact) mass is 558 g/mol. The number of carbonyl (C=O) groups excluding carboxylic acids is 2. The fraction of sp³-hybridized carbons (Fsp3) is 0.613. The zero-order valence-electron chi connectivity index (χ0n) is 24.8. The Balaban J connectivity index is 1.98. The van der Waals surface area contributed by atoms with Crippen molar-refractivity contribution in [1.82, 2.24) is 0 Å². The van der Waals surface area contributed by atoms with Gasteiger partial charge in [0.25, 0.3) is 0 Å². The molecule has 1 N–H and O–H groups in total. The molecule has 5 atom stereocenters. The maximum absolute atomic E-state index is 12.7. The van der Waals surface area contributed by atoms with E-state index in [1.165, 1.54) is 7.11 Å². The van der Waals surface area contributed by atoms with E-state index in [1.54, 1.807) is 18.2 Å². The minimum Gasteiger partial charge on any atom is -0.465 e. The van der Waals surface area contributed by atoms with Crippen LogP contribution in [0.25, 0.3) is 6.08 Å². The summed E-state index contributed by atoms with van der Waals surface area (Å²) >= 11 is 0. The first-order valence-electron chi connectivity index (χ1n) is 14.0. The number of methoxy groups -OCH3 is 1. The van der Waals surface area contributed by atoms with E-state index in [2.05, 4.69) is 54.7 Å². The Morgan fingerprint density at radius 1 is 1.21 bits per heavy atom. The summed E-state index contributed by atoms with van der Waals surface area (Å²) in [5.41, 5.74) is 2.69. The van der Waals surface area contributed by atoms with Crippen LogP contribution in [0.2, 0.25) is 16.6 Å². The molecule has 1 fully saturated rings. The fourth-order valence-electron chi connectivity index (χ4n) is 6.74. The van der Waals surface area contributed by atoms with Gasteiger partial charge in [0.2, 0.25) is 8.32 Å². The van der Waals surface area contributed by atoms with Crippen molar-refractivity contribution in [1.29, 1.82) is 0 Å². The van der Waals surface area contributed by atoms with Crippen LogP contribution in [0.3, 0.4) is 0 Å². The lowest BCUT2D eigenvalue weighted by Gasteiger charge is -2.52. The van der Waals surface area contributed by atoms with Crippen LogP contribution in [0.5, 0.6) is 0 Å². The quantitative estimate of drug-likeness (QED) is 0.159. The van der Waals surface area contributed by atoms with Gasteiger partial charge in [-0.3, -0.25) is 0 Å². The lowest BCUT2D eigenvalue weighted by molar-refractivity contribution is -0.140. The second-order valence-corrected chi connectivity index (χ2v) is 17.5. The zero-order valence-corrected chi connectivity index (χ0v) is 25.8. The number of furan rings is 1. The first-order chi connectivity index (χ1) is 18.3. The van der Waals surface area contributed by atoms with Gasteiger partial charge in [0.05, 0.1) is 18.8 Å². The van der Waals surface area contributed by atoms with Gasteiger partial charge in [0.15, 0.2) is 0 Å². The molecule has 3 rings (SSSR count). The smallest absolute Gasteiger partial charge is 0.341 e. The van der Waals surface area contributed by atoms with Crippen molar-refractivity contribution in [2.75, 3.05) is 7.11 Å². The zero-order chi connectivity index (χ0) is 29.2. The number of esters is 2. The standard InChI is InChI=1S/C31H46O7Si/c1-11-21-13-26(30(33)35-10)29(36-21)24-16-28(38-39(18(4)5,19(6)7)20(8)9)23(24)15-27(32)25-14-22(12-17(2)3)37-31(25)34/h11,13-14,18-20,22-24,27-28,32H,1-2,12,15-16H2,3-10H3/t22-,23+,24-,27+,28-/m0/s1. The summed E-state index contributed by atoms with van der Waals surface area (Å²) in [6.45, 7) is 23.0. The third kappa shape index (κ3) is 6.18. The molecule has 0 unspecified atom stereocenters. The van der Waals surface area contributed by atoms with E-state index in [1.807, 2.05) is 6.92 Å². The van der Waals surface area contributed by atoms with Gasteiger partial charge in [-0.1, -0.05) is 60.3 Å². The van der Waals surface area contributed by atoms with Crippen LogP contribution in [0.4, 0.5) is 0 Å². The lowest BCUT2D eigenvalue weighted by Crippen LogP contribution is -2.56. The average Bonchev–Trinajstić information content (AvgIpc) is 3.43. The van der Waals surface area contributed by atoms with Crippen LogP contribution in [-0.2, 0) is 18.7 Å². The molecule has 0 saturated heterocycles. The largest absolute Gasteiger partial charge is 0.465 e. The Hall–Kier alpha value is -2.42. The predicted octanol–water partition coefficient (Wildman–Crippen LogP) is 6.94. The lowest BCUT2D eigenvalue weighted by atomic mass is 9.66. The first-order valence-corrected chi connectivity index (χ1v) is 16.2. The van der Waals surface area contributed by atoms with Crippen molar-refractivity contribution in [2.24, 2.45) is 5.92 Å². The predicted molar refractivity (Wildman–Crippen MR) is 155 cm³/mol. The molecular weight excluding hydrogens is 512 g/mol. The molecule has 39 heavy (non-hydrogen) atoms. The van der Waals surface area contributed by atoms with Gasteiger partial charge in [-0.2, -0.15) is 0 Å². The second kappa shape index (κ2) is 12.4. The minimum atomic E-state index is -2.24. The van der Waals surface area contributed by atoms with Crippen LogP contribution in [-0.4, -0.2) is 50.8 Å². The molecule has 2 aliphatic rings. The summed E-state index contributed by atoms with van der Waals surface area (Å²) in [6, 6.07) is 1.64. The molecule has 7 nitrogen and oxygen atoms in total. The van der Waals surface area contributed by atoms with Gasteiger partial charge < -0.3 is 23.4 Å². The summed E-state index contributed by atoms with van der Waals surface area (Å²) < 4.78 is 23.7. The molecule has 1 aromatic rings. The average molecular weight is 559 g/mol. The Morgan fingerprint density at radius 2 is 1.82 bits per heavy atom. The molecule has 8 heteroatoms. The van der Waals surface area contributed by atoms with Crippen molar-refractivity contribution in [3.63, 3.8) is 0 Å². The molecule has 1 saturated carbocycles. The number of rotatable bonds is 13. The van der Waals surface area contributed by atoms with E-state index in [4.69, 9.17) is 18.3 Å². The molecule has 1 aliphatic heterocycles. The molecule has 0 amide bonds. The number of cyclic esters (lactones) is 1. The summed E-state index contributed by atoms with van der Waals surface area (Å²) in [6.07, 6.45) is 3.12. The van der Waals surface area contributed by atoms with Gasteiger partial charge in [-0.05, 0) is 60.5 Å². The van der Waals surface area contributed by atoms with Crippen molar-refractivity contribution in [3.8, 4) is 0 Å². The number of hydrogen-bond donors (Lipinski definition) is 1. The Labute approximate surface area is 234 Å². The summed E-state index contributed by atoms with van der Waals surface area (Å²) in [5.74, 6) is -0.346. The Kier molecular flexibility index (Phi) is 9.89. The number of hydrogen-bond acceptors (Lipinski definition) is 7. The van der Waals surface area contributed by atoms with Crippen LogP contribution in [0.1, 0.15) is 95.5 Å².